The Morgan fingerprint density at radius 1 is 1.03 bits per heavy atom. The van der Waals surface area contributed by atoms with Crippen LogP contribution >= 0.6 is 0 Å². The summed E-state index contributed by atoms with van der Waals surface area (Å²) >= 11 is 0. The van der Waals surface area contributed by atoms with Gasteiger partial charge >= 0.3 is 0 Å². The van der Waals surface area contributed by atoms with E-state index < -0.39 is 0 Å². The molecule has 0 saturated heterocycles. The molecule has 0 saturated carbocycles. The van der Waals surface area contributed by atoms with Crippen LogP contribution in [0.4, 0.5) is 0 Å². The largest absolute Gasteiger partial charge is 0.493 e. The summed E-state index contributed by atoms with van der Waals surface area (Å²) in [4.78, 5) is 6.96. The molecule has 0 spiro atoms. The van der Waals surface area contributed by atoms with Gasteiger partial charge in [-0.2, -0.15) is 0 Å². The molecule has 7 nitrogen and oxygen atoms in total. The molecule has 1 atom stereocenters. The van der Waals surface area contributed by atoms with Crippen molar-refractivity contribution >= 4 is 5.96 Å². The van der Waals surface area contributed by atoms with Crippen LogP contribution in [0.1, 0.15) is 44.7 Å². The third-order valence-corrected chi connectivity index (χ3v) is 4.58. The summed E-state index contributed by atoms with van der Waals surface area (Å²) in [5.41, 5.74) is 1.14. The van der Waals surface area contributed by atoms with E-state index in [-0.39, 0.29) is 6.04 Å². The Bertz CT molecular complexity index is 593. The van der Waals surface area contributed by atoms with E-state index in [1.54, 1.807) is 14.2 Å². The topological polar surface area (TPSA) is 67.3 Å². The Labute approximate surface area is 176 Å². The van der Waals surface area contributed by atoms with Crippen LogP contribution in [0.5, 0.6) is 11.5 Å². The number of ether oxygens (including phenoxy) is 3. The number of hydrogen-bond acceptors (Lipinski definition) is 5. The van der Waals surface area contributed by atoms with E-state index in [0.717, 1.165) is 62.2 Å². The zero-order valence-electron chi connectivity index (χ0n) is 19.1. The van der Waals surface area contributed by atoms with E-state index in [4.69, 9.17) is 19.2 Å². The molecule has 0 radical (unpaired) electrons. The molecule has 29 heavy (non-hydrogen) atoms. The van der Waals surface area contributed by atoms with Gasteiger partial charge in [0.05, 0.1) is 26.8 Å². The van der Waals surface area contributed by atoms with Gasteiger partial charge in [0.2, 0.25) is 0 Å². The van der Waals surface area contributed by atoms with E-state index >= 15 is 0 Å². The van der Waals surface area contributed by atoms with Crippen molar-refractivity contribution in [2.75, 3.05) is 61.2 Å². The van der Waals surface area contributed by atoms with Crippen LogP contribution in [0.25, 0.3) is 0 Å². The lowest BCUT2D eigenvalue weighted by atomic mass is 10.1. The van der Waals surface area contributed by atoms with Crippen molar-refractivity contribution in [1.82, 2.24) is 15.5 Å². The minimum absolute atomic E-state index is 0.127. The Morgan fingerprint density at radius 3 is 2.38 bits per heavy atom. The van der Waals surface area contributed by atoms with Crippen molar-refractivity contribution in [2.24, 2.45) is 4.99 Å². The van der Waals surface area contributed by atoms with Crippen LogP contribution in [0, 0.1) is 0 Å². The first-order valence-electron chi connectivity index (χ1n) is 10.6. The predicted octanol–water partition coefficient (Wildman–Crippen LogP) is 3.07. The fourth-order valence-electron chi connectivity index (χ4n) is 2.88. The first kappa shape index (κ1) is 25.0. The first-order chi connectivity index (χ1) is 14.1. The van der Waals surface area contributed by atoms with Crippen molar-refractivity contribution in [3.63, 3.8) is 0 Å². The minimum Gasteiger partial charge on any atom is -0.493 e. The van der Waals surface area contributed by atoms with Gasteiger partial charge in [-0.15, -0.1) is 0 Å². The Hall–Kier alpha value is -1.99. The molecule has 7 heteroatoms. The standard InChI is InChI=1S/C22H40N4O3/c1-7-9-14-29-15-10-13-24-22(23-8-2)25-17-19(26(3)4)18-11-12-20(27-5)21(16-18)28-6/h11-12,16,19H,7-10,13-15,17H2,1-6H3,(H2,23,24,25). The molecule has 0 amide bonds. The van der Waals surface area contributed by atoms with Crippen LogP contribution in [-0.4, -0.2) is 72.0 Å². The molecule has 2 N–H and O–H groups in total. The van der Waals surface area contributed by atoms with Gasteiger partial charge in [-0.3, -0.25) is 4.99 Å². The zero-order chi connectivity index (χ0) is 21.5. The van der Waals surface area contributed by atoms with Gasteiger partial charge in [0, 0.05) is 26.3 Å². The van der Waals surface area contributed by atoms with E-state index in [2.05, 4.69) is 49.5 Å². The van der Waals surface area contributed by atoms with Gasteiger partial charge in [-0.25, -0.2) is 0 Å². The first-order valence-corrected chi connectivity index (χ1v) is 10.6. The number of hydrogen-bond donors (Lipinski definition) is 2. The summed E-state index contributed by atoms with van der Waals surface area (Å²) in [5, 5.41) is 6.71. The second-order valence-electron chi connectivity index (χ2n) is 7.06. The number of methoxy groups -OCH3 is 2. The van der Waals surface area contributed by atoms with E-state index in [1.165, 1.54) is 6.42 Å². The average Bonchev–Trinajstić information content (AvgIpc) is 2.72. The van der Waals surface area contributed by atoms with Crippen LogP contribution in [0.15, 0.2) is 23.2 Å². The van der Waals surface area contributed by atoms with Gasteiger partial charge in [0.15, 0.2) is 17.5 Å². The number of nitrogens with one attached hydrogen (secondary N) is 2. The van der Waals surface area contributed by atoms with Gasteiger partial charge < -0.3 is 29.7 Å². The highest BCUT2D eigenvalue weighted by Crippen LogP contribution is 2.31. The van der Waals surface area contributed by atoms with Crippen LogP contribution < -0.4 is 20.1 Å². The summed E-state index contributed by atoms with van der Waals surface area (Å²) in [7, 11) is 7.42. The summed E-state index contributed by atoms with van der Waals surface area (Å²) in [6.07, 6.45) is 3.25. The summed E-state index contributed by atoms with van der Waals surface area (Å²) in [6, 6.07) is 6.15. The molecule has 0 aliphatic heterocycles. The highest BCUT2D eigenvalue weighted by Gasteiger charge is 2.16. The second kappa shape index (κ2) is 14.9. The Kier molecular flexibility index (Phi) is 12.9. The fourth-order valence-corrected chi connectivity index (χ4v) is 2.88. The Balaban J connectivity index is 2.70. The smallest absolute Gasteiger partial charge is 0.191 e. The normalized spacial score (nSPS) is 12.7. The number of nitrogens with zero attached hydrogens (tertiary/aromatic N) is 2. The number of guanidine groups is 1. The fraction of sp³-hybridized carbons (Fsp3) is 0.682. The maximum Gasteiger partial charge on any atom is 0.191 e. The number of rotatable bonds is 14. The zero-order valence-corrected chi connectivity index (χ0v) is 19.1. The lowest BCUT2D eigenvalue weighted by Crippen LogP contribution is -2.38. The monoisotopic (exact) mass is 408 g/mol. The maximum atomic E-state index is 5.61. The molecule has 0 heterocycles. The summed E-state index contributed by atoms with van der Waals surface area (Å²) in [6.45, 7) is 8.16. The highest BCUT2D eigenvalue weighted by molar-refractivity contribution is 5.79. The molecule has 1 aromatic carbocycles. The van der Waals surface area contributed by atoms with Crippen molar-refractivity contribution in [2.45, 2.75) is 39.2 Å². The van der Waals surface area contributed by atoms with Gasteiger partial charge in [0.1, 0.15) is 0 Å². The molecule has 166 valence electrons. The van der Waals surface area contributed by atoms with Gasteiger partial charge in [-0.1, -0.05) is 19.4 Å². The van der Waals surface area contributed by atoms with Crippen LogP contribution in [0.3, 0.4) is 0 Å². The predicted molar refractivity (Wildman–Crippen MR) is 120 cm³/mol. The molecular formula is C22H40N4O3. The molecule has 0 fully saturated rings. The van der Waals surface area contributed by atoms with E-state index in [1.807, 2.05) is 12.1 Å². The molecule has 0 aliphatic rings. The molecule has 1 rings (SSSR count). The SMILES string of the molecule is CCCCOCCCNC(=NCC(c1ccc(OC)c(OC)c1)N(C)C)NCC. The molecule has 0 aliphatic carbocycles. The van der Waals surface area contributed by atoms with Crippen molar-refractivity contribution in [3.05, 3.63) is 23.8 Å². The minimum atomic E-state index is 0.127. The van der Waals surface area contributed by atoms with E-state index in [9.17, 15) is 0 Å². The quantitative estimate of drug-likeness (QED) is 0.280. The summed E-state index contributed by atoms with van der Waals surface area (Å²) < 4.78 is 16.4. The molecular weight excluding hydrogens is 368 g/mol. The third-order valence-electron chi connectivity index (χ3n) is 4.58. The van der Waals surface area contributed by atoms with Crippen molar-refractivity contribution in [3.8, 4) is 11.5 Å². The number of aliphatic imine (C=N–C) groups is 1. The average molecular weight is 409 g/mol. The van der Waals surface area contributed by atoms with Gasteiger partial charge in [0.25, 0.3) is 0 Å². The molecule has 1 unspecified atom stereocenters. The molecule has 0 aromatic heterocycles. The number of likely N-dealkylation sites (N-methyl/N-ethyl adjacent to an activating group) is 1. The number of benzene rings is 1. The summed E-state index contributed by atoms with van der Waals surface area (Å²) in [5.74, 6) is 2.29. The van der Waals surface area contributed by atoms with Crippen molar-refractivity contribution in [1.29, 1.82) is 0 Å². The van der Waals surface area contributed by atoms with Crippen molar-refractivity contribution < 1.29 is 14.2 Å². The lowest BCUT2D eigenvalue weighted by Gasteiger charge is -2.24. The van der Waals surface area contributed by atoms with Crippen LogP contribution in [-0.2, 0) is 4.74 Å². The van der Waals surface area contributed by atoms with Crippen LogP contribution in [0.2, 0.25) is 0 Å². The maximum absolute atomic E-state index is 5.61. The highest BCUT2D eigenvalue weighted by atomic mass is 16.5. The Morgan fingerprint density at radius 2 is 1.76 bits per heavy atom. The number of unbranched alkanes of at least 4 members (excludes halogenated alkanes) is 1. The van der Waals surface area contributed by atoms with E-state index in [0.29, 0.717) is 6.54 Å². The molecule has 1 aromatic rings. The third kappa shape index (κ3) is 9.37. The lowest BCUT2D eigenvalue weighted by molar-refractivity contribution is 0.129. The molecule has 0 bridgehead atoms. The van der Waals surface area contributed by atoms with Gasteiger partial charge in [-0.05, 0) is 51.6 Å². The second-order valence-corrected chi connectivity index (χ2v) is 7.06.